The second-order valence-electron chi connectivity index (χ2n) is 5.53. The zero-order valence-corrected chi connectivity index (χ0v) is 13.7. The van der Waals surface area contributed by atoms with Gasteiger partial charge >= 0.3 is 0 Å². The Labute approximate surface area is 133 Å². The van der Waals surface area contributed by atoms with Gasteiger partial charge in [-0.25, -0.2) is 4.68 Å². The van der Waals surface area contributed by atoms with Crippen LogP contribution in [0.25, 0.3) is 0 Å². The molecule has 1 aliphatic heterocycles. The molecule has 7 nitrogen and oxygen atoms in total. The van der Waals surface area contributed by atoms with Gasteiger partial charge in [-0.1, -0.05) is 0 Å². The summed E-state index contributed by atoms with van der Waals surface area (Å²) in [5.74, 6) is 0.994. The number of aryl methyl sites for hydroxylation is 1. The SMILES string of the molecule is C[C@H](c1nnnn1C)N1CCCN(C(=O)c2ccsc2)CC1. The lowest BCUT2D eigenvalue weighted by atomic mass is 10.2. The number of aromatic nitrogens is 4. The second-order valence-corrected chi connectivity index (χ2v) is 6.31. The molecule has 2 aromatic rings. The van der Waals surface area contributed by atoms with Gasteiger partial charge in [-0.15, -0.1) is 5.10 Å². The molecule has 0 bridgehead atoms. The average molecular weight is 320 g/mol. The third kappa shape index (κ3) is 3.02. The summed E-state index contributed by atoms with van der Waals surface area (Å²) in [5, 5.41) is 15.6. The summed E-state index contributed by atoms with van der Waals surface area (Å²) >= 11 is 1.56. The number of carbonyl (C=O) groups is 1. The normalized spacial score (nSPS) is 18.2. The van der Waals surface area contributed by atoms with E-state index in [1.54, 1.807) is 16.0 Å². The summed E-state index contributed by atoms with van der Waals surface area (Å²) in [6, 6.07) is 2.04. The van der Waals surface area contributed by atoms with Crippen molar-refractivity contribution in [1.29, 1.82) is 0 Å². The van der Waals surface area contributed by atoms with Crippen LogP contribution in [-0.4, -0.2) is 62.1 Å². The zero-order chi connectivity index (χ0) is 15.5. The van der Waals surface area contributed by atoms with E-state index in [1.807, 2.05) is 28.8 Å². The Morgan fingerprint density at radius 1 is 1.32 bits per heavy atom. The van der Waals surface area contributed by atoms with Gasteiger partial charge in [0.15, 0.2) is 5.82 Å². The highest BCUT2D eigenvalue weighted by molar-refractivity contribution is 7.08. The third-order valence-electron chi connectivity index (χ3n) is 4.16. The van der Waals surface area contributed by atoms with Crippen LogP contribution < -0.4 is 0 Å². The second kappa shape index (κ2) is 6.53. The van der Waals surface area contributed by atoms with Crippen molar-refractivity contribution in [2.45, 2.75) is 19.4 Å². The van der Waals surface area contributed by atoms with Crippen molar-refractivity contribution in [3.8, 4) is 0 Å². The van der Waals surface area contributed by atoms with Gasteiger partial charge in [0, 0.05) is 38.6 Å². The molecule has 0 unspecified atom stereocenters. The molecule has 8 heteroatoms. The Bertz CT molecular complexity index is 625. The summed E-state index contributed by atoms with van der Waals surface area (Å²) < 4.78 is 1.71. The molecule has 0 spiro atoms. The van der Waals surface area contributed by atoms with Crippen LogP contribution in [0.3, 0.4) is 0 Å². The molecule has 0 radical (unpaired) electrons. The predicted molar refractivity (Wildman–Crippen MR) is 83.6 cm³/mol. The Morgan fingerprint density at radius 3 is 2.86 bits per heavy atom. The fourth-order valence-electron chi connectivity index (χ4n) is 2.85. The van der Waals surface area contributed by atoms with E-state index < -0.39 is 0 Å². The van der Waals surface area contributed by atoms with Crippen LogP contribution >= 0.6 is 11.3 Å². The first-order chi connectivity index (χ1) is 10.7. The molecule has 22 heavy (non-hydrogen) atoms. The molecule has 0 aliphatic carbocycles. The number of carbonyl (C=O) groups excluding carboxylic acids is 1. The molecule has 0 N–H and O–H groups in total. The van der Waals surface area contributed by atoms with Crippen LogP contribution in [0.15, 0.2) is 16.8 Å². The molecule has 118 valence electrons. The summed E-state index contributed by atoms with van der Waals surface area (Å²) in [6.07, 6.45) is 0.964. The van der Waals surface area contributed by atoms with Gasteiger partial charge in [0.05, 0.1) is 11.6 Å². The minimum atomic E-state index is 0.135. The topological polar surface area (TPSA) is 67.2 Å². The minimum absolute atomic E-state index is 0.135. The van der Waals surface area contributed by atoms with Gasteiger partial charge < -0.3 is 4.90 Å². The molecule has 1 amide bonds. The average Bonchev–Trinajstić information content (AvgIpc) is 3.12. The molecule has 0 saturated carbocycles. The van der Waals surface area contributed by atoms with Crippen LogP contribution in [-0.2, 0) is 7.05 Å². The highest BCUT2D eigenvalue weighted by atomic mass is 32.1. The highest BCUT2D eigenvalue weighted by Crippen LogP contribution is 2.19. The Balaban J connectivity index is 1.65. The number of thiophene rings is 1. The van der Waals surface area contributed by atoms with Gasteiger partial charge in [0.2, 0.25) is 0 Å². The largest absolute Gasteiger partial charge is 0.337 e. The van der Waals surface area contributed by atoms with Crippen molar-refractivity contribution in [2.75, 3.05) is 26.2 Å². The predicted octanol–water partition coefficient (Wildman–Crippen LogP) is 1.18. The van der Waals surface area contributed by atoms with E-state index in [1.165, 1.54) is 0 Å². The van der Waals surface area contributed by atoms with Gasteiger partial charge in [-0.2, -0.15) is 11.3 Å². The van der Waals surface area contributed by atoms with Crippen molar-refractivity contribution in [3.05, 3.63) is 28.2 Å². The smallest absolute Gasteiger partial charge is 0.254 e. The van der Waals surface area contributed by atoms with E-state index in [-0.39, 0.29) is 11.9 Å². The fraction of sp³-hybridized carbons (Fsp3) is 0.571. The van der Waals surface area contributed by atoms with Crippen LogP contribution in [0.2, 0.25) is 0 Å². The number of hydrogen-bond donors (Lipinski definition) is 0. The molecule has 1 aliphatic rings. The standard InChI is InChI=1S/C14H20N6OS/c1-11(13-15-16-17-18(13)2)19-5-3-6-20(8-7-19)14(21)12-4-9-22-10-12/h4,9-11H,3,5-8H2,1-2H3/t11-/m1/s1. The number of rotatable bonds is 3. The lowest BCUT2D eigenvalue weighted by molar-refractivity contribution is 0.0758. The molecule has 2 aromatic heterocycles. The molecule has 3 heterocycles. The van der Waals surface area contributed by atoms with Gasteiger partial charge in [0.1, 0.15) is 0 Å². The quantitative estimate of drug-likeness (QED) is 0.849. The van der Waals surface area contributed by atoms with E-state index in [4.69, 9.17) is 0 Å². The van der Waals surface area contributed by atoms with E-state index in [2.05, 4.69) is 27.3 Å². The number of amides is 1. The minimum Gasteiger partial charge on any atom is -0.337 e. The molecule has 1 fully saturated rings. The molecular weight excluding hydrogens is 300 g/mol. The highest BCUT2D eigenvalue weighted by Gasteiger charge is 2.25. The first-order valence-electron chi connectivity index (χ1n) is 7.44. The van der Waals surface area contributed by atoms with Crippen LogP contribution in [0.5, 0.6) is 0 Å². The first-order valence-corrected chi connectivity index (χ1v) is 8.39. The molecule has 1 saturated heterocycles. The van der Waals surface area contributed by atoms with Gasteiger partial charge in [-0.3, -0.25) is 9.69 Å². The van der Waals surface area contributed by atoms with Crippen LogP contribution in [0, 0.1) is 0 Å². The van der Waals surface area contributed by atoms with Crippen molar-refractivity contribution in [1.82, 2.24) is 30.0 Å². The third-order valence-corrected chi connectivity index (χ3v) is 4.84. The van der Waals surface area contributed by atoms with Crippen molar-refractivity contribution >= 4 is 17.2 Å². The van der Waals surface area contributed by atoms with Gasteiger partial charge in [0.25, 0.3) is 5.91 Å². The molecule has 3 rings (SSSR count). The lowest BCUT2D eigenvalue weighted by Gasteiger charge is -2.26. The molecule has 1 atom stereocenters. The van der Waals surface area contributed by atoms with Crippen LogP contribution in [0.4, 0.5) is 0 Å². The van der Waals surface area contributed by atoms with Crippen molar-refractivity contribution in [3.63, 3.8) is 0 Å². The zero-order valence-electron chi connectivity index (χ0n) is 12.8. The maximum absolute atomic E-state index is 12.5. The maximum Gasteiger partial charge on any atom is 0.254 e. The summed E-state index contributed by atoms with van der Waals surface area (Å²) in [6.45, 7) is 5.44. The van der Waals surface area contributed by atoms with Gasteiger partial charge in [-0.05, 0) is 35.2 Å². The lowest BCUT2D eigenvalue weighted by Crippen LogP contribution is -2.36. The Kier molecular flexibility index (Phi) is 4.49. The maximum atomic E-state index is 12.5. The summed E-state index contributed by atoms with van der Waals surface area (Å²) in [4.78, 5) is 16.7. The number of hydrogen-bond acceptors (Lipinski definition) is 6. The van der Waals surface area contributed by atoms with E-state index in [9.17, 15) is 4.79 Å². The van der Waals surface area contributed by atoms with Crippen molar-refractivity contribution in [2.24, 2.45) is 7.05 Å². The Hall–Kier alpha value is -1.80. The number of tetrazole rings is 1. The Morgan fingerprint density at radius 2 is 2.18 bits per heavy atom. The molecule has 0 aromatic carbocycles. The molecular formula is C14H20N6OS. The van der Waals surface area contributed by atoms with E-state index in [0.29, 0.717) is 0 Å². The summed E-state index contributed by atoms with van der Waals surface area (Å²) in [7, 11) is 1.86. The number of nitrogens with zero attached hydrogens (tertiary/aromatic N) is 6. The van der Waals surface area contributed by atoms with E-state index in [0.717, 1.165) is 44.0 Å². The van der Waals surface area contributed by atoms with Crippen molar-refractivity contribution < 1.29 is 4.79 Å². The first kappa shape index (κ1) is 15.1. The fourth-order valence-corrected chi connectivity index (χ4v) is 3.48. The monoisotopic (exact) mass is 320 g/mol. The van der Waals surface area contributed by atoms with E-state index >= 15 is 0 Å². The van der Waals surface area contributed by atoms with Crippen LogP contribution in [0.1, 0.15) is 35.6 Å². The summed E-state index contributed by atoms with van der Waals surface area (Å²) in [5.41, 5.74) is 0.795.